The second-order valence-electron chi connectivity index (χ2n) is 3.19. The van der Waals surface area contributed by atoms with E-state index in [1.54, 1.807) is 10.6 Å². The monoisotopic (exact) mass is 194 g/mol. The molecule has 0 unspecified atom stereocenters. The first kappa shape index (κ1) is 7.94. The molecule has 0 aliphatic heterocycles. The quantitative estimate of drug-likeness (QED) is 0.547. The Morgan fingerprint density at radius 3 is 3.07 bits per heavy atom. The summed E-state index contributed by atoms with van der Waals surface area (Å²) in [6.45, 7) is 0. The van der Waals surface area contributed by atoms with Gasteiger partial charge in [0.05, 0.1) is 5.52 Å². The Morgan fingerprint density at radius 1 is 1.27 bits per heavy atom. The summed E-state index contributed by atoms with van der Waals surface area (Å²) in [5.41, 5.74) is 1.57. The van der Waals surface area contributed by atoms with Gasteiger partial charge in [0.1, 0.15) is 6.07 Å². The minimum absolute atomic E-state index is 0.362. The van der Waals surface area contributed by atoms with Crippen molar-refractivity contribution in [3.63, 3.8) is 0 Å². The number of rotatable bonds is 0. The minimum atomic E-state index is 0.362. The smallest absolute Gasteiger partial charge is 0.219 e. The molecule has 0 aromatic carbocycles. The second-order valence-corrected chi connectivity index (χ2v) is 3.19. The van der Waals surface area contributed by atoms with Crippen molar-refractivity contribution >= 4 is 16.6 Å². The van der Waals surface area contributed by atoms with Gasteiger partial charge in [-0.1, -0.05) is 0 Å². The third kappa shape index (κ3) is 1.00. The maximum atomic E-state index is 8.95. The van der Waals surface area contributed by atoms with E-state index in [-0.39, 0.29) is 0 Å². The van der Waals surface area contributed by atoms with Crippen molar-refractivity contribution in [2.45, 2.75) is 0 Å². The van der Waals surface area contributed by atoms with Crippen molar-refractivity contribution in [2.24, 2.45) is 0 Å². The molecular weight excluding hydrogens is 188 g/mol. The zero-order valence-corrected chi connectivity index (χ0v) is 7.75. The Labute approximate surface area is 85.4 Å². The van der Waals surface area contributed by atoms with Crippen LogP contribution < -0.4 is 0 Å². The van der Waals surface area contributed by atoms with Crippen LogP contribution in [0.1, 0.15) is 5.82 Å². The van der Waals surface area contributed by atoms with Crippen LogP contribution in [0.3, 0.4) is 0 Å². The average Bonchev–Trinajstić information content (AvgIpc) is 2.77. The summed E-state index contributed by atoms with van der Waals surface area (Å²) < 4.78 is 1.77. The predicted molar refractivity (Wildman–Crippen MR) is 55.2 cm³/mol. The number of fused-ring (bicyclic) bond motifs is 3. The lowest BCUT2D eigenvalue weighted by Crippen LogP contribution is -1.97. The van der Waals surface area contributed by atoms with E-state index in [4.69, 9.17) is 5.26 Å². The van der Waals surface area contributed by atoms with Crippen molar-refractivity contribution in [3.05, 3.63) is 42.5 Å². The van der Waals surface area contributed by atoms with Crippen LogP contribution >= 0.6 is 0 Å². The third-order valence-corrected chi connectivity index (χ3v) is 2.35. The molecule has 0 bridgehead atoms. The molecular formula is C11H6N4. The van der Waals surface area contributed by atoms with Crippen molar-refractivity contribution < 1.29 is 0 Å². The van der Waals surface area contributed by atoms with Gasteiger partial charge in [-0.05, 0) is 24.3 Å². The molecule has 70 valence electrons. The number of hydrogen-bond acceptors (Lipinski definition) is 3. The van der Waals surface area contributed by atoms with E-state index < -0.39 is 0 Å². The molecule has 4 nitrogen and oxygen atoms in total. The van der Waals surface area contributed by atoms with Crippen molar-refractivity contribution in [1.82, 2.24) is 14.4 Å². The van der Waals surface area contributed by atoms with Crippen molar-refractivity contribution in [2.75, 3.05) is 0 Å². The topological polar surface area (TPSA) is 54.0 Å². The van der Waals surface area contributed by atoms with E-state index in [0.717, 1.165) is 10.9 Å². The van der Waals surface area contributed by atoms with Crippen molar-refractivity contribution in [1.29, 1.82) is 5.26 Å². The summed E-state index contributed by atoms with van der Waals surface area (Å²) in [6, 6.07) is 9.72. The number of pyridine rings is 1. The zero-order valence-electron chi connectivity index (χ0n) is 7.75. The van der Waals surface area contributed by atoms with E-state index in [1.165, 1.54) is 0 Å². The zero-order chi connectivity index (χ0) is 10.3. The van der Waals surface area contributed by atoms with Gasteiger partial charge < -0.3 is 0 Å². The maximum absolute atomic E-state index is 8.95. The third-order valence-electron chi connectivity index (χ3n) is 2.35. The second kappa shape index (κ2) is 2.79. The van der Waals surface area contributed by atoms with Crippen LogP contribution in [-0.4, -0.2) is 14.4 Å². The van der Waals surface area contributed by atoms with E-state index in [9.17, 15) is 0 Å². The minimum Gasteiger partial charge on any atom is -0.292 e. The first-order valence-corrected chi connectivity index (χ1v) is 4.52. The summed E-state index contributed by atoms with van der Waals surface area (Å²) in [7, 11) is 0. The van der Waals surface area contributed by atoms with Gasteiger partial charge in [-0.2, -0.15) is 10.2 Å². The first-order valence-electron chi connectivity index (χ1n) is 4.52. The lowest BCUT2D eigenvalue weighted by molar-refractivity contribution is 1.06. The van der Waals surface area contributed by atoms with Crippen LogP contribution in [-0.2, 0) is 0 Å². The van der Waals surface area contributed by atoms with Gasteiger partial charge in [0.15, 0.2) is 5.65 Å². The van der Waals surface area contributed by atoms with Gasteiger partial charge in [-0.25, -0.2) is 4.98 Å². The molecule has 0 radical (unpaired) electrons. The highest BCUT2D eigenvalue weighted by Gasteiger charge is 2.06. The number of nitriles is 1. The highest BCUT2D eigenvalue weighted by atomic mass is 15.0. The number of hydrogen-bond donors (Lipinski definition) is 0. The Kier molecular flexibility index (Phi) is 1.48. The predicted octanol–water partition coefficient (Wildman–Crippen LogP) is 1.75. The largest absolute Gasteiger partial charge is 0.292 e. The normalized spacial score (nSPS) is 10.6. The highest BCUT2D eigenvalue weighted by molar-refractivity contribution is 5.91. The maximum Gasteiger partial charge on any atom is 0.219 e. The molecule has 3 heterocycles. The molecule has 0 atom stereocenters. The van der Waals surface area contributed by atoms with Gasteiger partial charge in [0, 0.05) is 17.8 Å². The average molecular weight is 194 g/mol. The van der Waals surface area contributed by atoms with Crippen LogP contribution in [0.25, 0.3) is 16.6 Å². The molecule has 4 heteroatoms. The van der Waals surface area contributed by atoms with Gasteiger partial charge >= 0.3 is 0 Å². The van der Waals surface area contributed by atoms with Gasteiger partial charge in [-0.15, -0.1) is 0 Å². The Morgan fingerprint density at radius 2 is 2.20 bits per heavy atom. The molecule has 0 aliphatic carbocycles. The van der Waals surface area contributed by atoms with Crippen LogP contribution in [0.2, 0.25) is 0 Å². The van der Waals surface area contributed by atoms with Crippen molar-refractivity contribution in [3.8, 4) is 6.07 Å². The van der Waals surface area contributed by atoms with Crippen LogP contribution in [0.5, 0.6) is 0 Å². The number of aromatic nitrogens is 3. The lowest BCUT2D eigenvalue weighted by atomic mass is 10.3. The fourth-order valence-electron chi connectivity index (χ4n) is 1.70. The van der Waals surface area contributed by atoms with Crippen LogP contribution in [0, 0.1) is 11.3 Å². The first-order chi connectivity index (χ1) is 7.40. The fraction of sp³-hybridized carbons (Fsp3) is 0. The molecule has 0 aliphatic rings. The molecule has 3 aromatic rings. The molecule has 0 N–H and O–H groups in total. The molecule has 3 rings (SSSR count). The summed E-state index contributed by atoms with van der Waals surface area (Å²) in [6.07, 6.45) is 3.50. The number of nitrogens with zero attached hydrogens (tertiary/aromatic N) is 4. The summed E-state index contributed by atoms with van der Waals surface area (Å²) in [4.78, 5) is 8.33. The van der Waals surface area contributed by atoms with E-state index >= 15 is 0 Å². The van der Waals surface area contributed by atoms with Gasteiger partial charge in [-0.3, -0.25) is 4.40 Å². The fourth-order valence-corrected chi connectivity index (χ4v) is 1.70. The van der Waals surface area contributed by atoms with Gasteiger partial charge in [0.2, 0.25) is 5.82 Å². The SMILES string of the molecule is N#Cc1nc2ncccc2c2cccn12. The van der Waals surface area contributed by atoms with Crippen LogP contribution in [0.4, 0.5) is 0 Å². The van der Waals surface area contributed by atoms with E-state index in [0.29, 0.717) is 11.5 Å². The summed E-state index contributed by atoms with van der Waals surface area (Å²) in [5.74, 6) is 0.362. The van der Waals surface area contributed by atoms with Gasteiger partial charge in [0.25, 0.3) is 0 Å². The standard InChI is InChI=1S/C11H6N4/c12-7-10-14-11-8(3-1-5-13-11)9-4-2-6-15(9)10/h1-6H. The molecule has 0 spiro atoms. The van der Waals surface area contributed by atoms with Crippen LogP contribution in [0.15, 0.2) is 36.7 Å². The molecule has 0 amide bonds. The highest BCUT2D eigenvalue weighted by Crippen LogP contribution is 2.17. The molecule has 15 heavy (non-hydrogen) atoms. The summed E-state index contributed by atoms with van der Waals surface area (Å²) in [5, 5.41) is 9.91. The molecule has 0 fully saturated rings. The molecule has 0 saturated carbocycles. The Balaban J connectivity index is 2.64. The summed E-state index contributed by atoms with van der Waals surface area (Å²) >= 11 is 0. The lowest BCUT2D eigenvalue weighted by Gasteiger charge is -2.01. The Bertz CT molecular complexity index is 690. The Hall–Kier alpha value is -2.41. The van der Waals surface area contributed by atoms with E-state index in [1.807, 2.05) is 30.5 Å². The molecule has 0 saturated heterocycles. The van der Waals surface area contributed by atoms with E-state index in [2.05, 4.69) is 16.0 Å². The molecule has 3 aromatic heterocycles.